The maximum Gasteiger partial charge on any atom is 0.228 e. The lowest BCUT2D eigenvalue weighted by Gasteiger charge is -2.04. The van der Waals surface area contributed by atoms with Crippen molar-refractivity contribution in [2.24, 2.45) is 0 Å². The lowest BCUT2D eigenvalue weighted by molar-refractivity contribution is 0.361. The third kappa shape index (κ3) is 3.35. The molecule has 0 radical (unpaired) electrons. The molecule has 0 aliphatic rings. The van der Waals surface area contributed by atoms with Crippen LogP contribution in [0.4, 0.5) is 0 Å². The van der Waals surface area contributed by atoms with Gasteiger partial charge >= 0.3 is 0 Å². The molecule has 2 heterocycles. The van der Waals surface area contributed by atoms with E-state index in [-0.39, 0.29) is 0 Å². The number of hydrogen-bond acceptors (Lipinski definition) is 5. The van der Waals surface area contributed by atoms with Crippen molar-refractivity contribution in [3.8, 4) is 0 Å². The van der Waals surface area contributed by atoms with E-state index in [9.17, 15) is 0 Å². The van der Waals surface area contributed by atoms with E-state index in [0.29, 0.717) is 24.2 Å². The van der Waals surface area contributed by atoms with Crippen LogP contribution in [0.5, 0.6) is 0 Å². The van der Waals surface area contributed by atoms with Crippen molar-refractivity contribution >= 4 is 0 Å². The number of rotatable bonds is 5. The minimum atomic E-state index is 0.332. The summed E-state index contributed by atoms with van der Waals surface area (Å²) in [6.45, 7) is 2.07. The molecule has 1 N–H and O–H groups in total. The van der Waals surface area contributed by atoms with Crippen LogP contribution in [0.15, 0.2) is 28.9 Å². The first kappa shape index (κ1) is 11.7. The van der Waals surface area contributed by atoms with Crippen molar-refractivity contribution in [2.45, 2.75) is 25.8 Å². The van der Waals surface area contributed by atoms with E-state index >= 15 is 0 Å². The third-order valence-electron chi connectivity index (χ3n) is 2.55. The van der Waals surface area contributed by atoms with Crippen LogP contribution < -0.4 is 5.32 Å². The molecule has 0 fully saturated rings. The molecule has 5 nitrogen and oxygen atoms in total. The van der Waals surface area contributed by atoms with Gasteiger partial charge in [-0.1, -0.05) is 11.2 Å². The van der Waals surface area contributed by atoms with Gasteiger partial charge in [0.05, 0.1) is 6.42 Å². The molecule has 90 valence electrons. The second-order valence-corrected chi connectivity index (χ2v) is 4.00. The smallest absolute Gasteiger partial charge is 0.228 e. The Morgan fingerprint density at radius 1 is 1.41 bits per heavy atom. The van der Waals surface area contributed by atoms with Gasteiger partial charge in [0.2, 0.25) is 5.89 Å². The lowest BCUT2D eigenvalue weighted by Crippen LogP contribution is -2.23. The van der Waals surface area contributed by atoms with Gasteiger partial charge in [0.15, 0.2) is 5.82 Å². The summed E-state index contributed by atoms with van der Waals surface area (Å²) in [5.41, 5.74) is 0.946. The molecule has 0 aliphatic heterocycles. The Bertz CT molecular complexity index is 455. The van der Waals surface area contributed by atoms with Gasteiger partial charge in [-0.05, 0) is 26.1 Å². The Balaban J connectivity index is 1.99. The molecule has 17 heavy (non-hydrogen) atoms. The number of hydrogen-bond donors (Lipinski definition) is 1. The monoisotopic (exact) mass is 232 g/mol. The largest absolute Gasteiger partial charge is 0.339 e. The van der Waals surface area contributed by atoms with Crippen molar-refractivity contribution in [3.05, 3.63) is 41.8 Å². The van der Waals surface area contributed by atoms with Gasteiger partial charge in [-0.3, -0.25) is 4.98 Å². The van der Waals surface area contributed by atoms with Crippen LogP contribution in [0.3, 0.4) is 0 Å². The summed E-state index contributed by atoms with van der Waals surface area (Å²) < 4.78 is 5.18. The zero-order valence-corrected chi connectivity index (χ0v) is 10.1. The minimum Gasteiger partial charge on any atom is -0.339 e. The highest BCUT2D eigenvalue weighted by Gasteiger charge is 2.10. The molecular weight excluding hydrogens is 216 g/mol. The fourth-order valence-electron chi connectivity index (χ4n) is 1.47. The molecule has 1 unspecified atom stereocenters. The molecular formula is C12H16N4O. The summed E-state index contributed by atoms with van der Waals surface area (Å²) in [6, 6.07) is 6.12. The van der Waals surface area contributed by atoms with Crippen molar-refractivity contribution < 1.29 is 4.52 Å². The Labute approximate surface area is 100 Å². The van der Waals surface area contributed by atoms with Crippen molar-refractivity contribution in [2.75, 3.05) is 7.05 Å². The van der Waals surface area contributed by atoms with Crippen molar-refractivity contribution in [1.82, 2.24) is 20.4 Å². The number of aromatic nitrogens is 3. The zero-order chi connectivity index (χ0) is 12.1. The molecule has 2 aromatic rings. The molecule has 5 heteroatoms. The first-order valence-electron chi connectivity index (χ1n) is 5.66. The predicted octanol–water partition coefficient (Wildman–Crippen LogP) is 1.21. The standard InChI is InChI=1S/C12H16N4O/c1-9(13-2)7-12-15-11(16-17-12)8-10-5-3-4-6-14-10/h3-6,9,13H,7-8H2,1-2H3. The molecule has 2 rings (SSSR count). The Morgan fingerprint density at radius 2 is 2.29 bits per heavy atom. The van der Waals surface area contributed by atoms with Crippen LogP contribution in [0.25, 0.3) is 0 Å². The summed E-state index contributed by atoms with van der Waals surface area (Å²) in [6.07, 6.45) is 3.11. The van der Waals surface area contributed by atoms with Crippen molar-refractivity contribution in [1.29, 1.82) is 0 Å². The molecule has 0 spiro atoms. The van der Waals surface area contributed by atoms with E-state index in [0.717, 1.165) is 12.1 Å². The van der Waals surface area contributed by atoms with Crippen LogP contribution in [0, 0.1) is 0 Å². The highest BCUT2D eigenvalue weighted by atomic mass is 16.5. The fraction of sp³-hybridized carbons (Fsp3) is 0.417. The third-order valence-corrected chi connectivity index (χ3v) is 2.55. The van der Waals surface area contributed by atoms with Crippen LogP contribution in [-0.4, -0.2) is 28.2 Å². The number of nitrogens with one attached hydrogen (secondary N) is 1. The van der Waals surface area contributed by atoms with Crippen molar-refractivity contribution in [3.63, 3.8) is 0 Å². The minimum absolute atomic E-state index is 0.332. The van der Waals surface area contributed by atoms with E-state index in [2.05, 4.69) is 27.4 Å². The van der Waals surface area contributed by atoms with Crippen LogP contribution in [0.1, 0.15) is 24.3 Å². The normalized spacial score (nSPS) is 12.6. The van der Waals surface area contributed by atoms with E-state index in [4.69, 9.17) is 4.52 Å². The summed E-state index contributed by atoms with van der Waals surface area (Å²) >= 11 is 0. The first-order valence-corrected chi connectivity index (χ1v) is 5.66. The SMILES string of the molecule is CNC(C)Cc1nc(Cc2ccccn2)no1. The molecule has 0 saturated carbocycles. The van der Waals surface area contributed by atoms with Gasteiger partial charge in [-0.25, -0.2) is 0 Å². The summed E-state index contributed by atoms with van der Waals surface area (Å²) in [4.78, 5) is 8.56. The van der Waals surface area contributed by atoms with Gasteiger partial charge in [0.1, 0.15) is 0 Å². The highest BCUT2D eigenvalue weighted by molar-refractivity contribution is 5.09. The van der Waals surface area contributed by atoms with Crippen LogP contribution in [-0.2, 0) is 12.8 Å². The predicted molar refractivity (Wildman–Crippen MR) is 63.6 cm³/mol. The average molecular weight is 232 g/mol. The van der Waals surface area contributed by atoms with Gasteiger partial charge in [0.25, 0.3) is 0 Å². The van der Waals surface area contributed by atoms with Gasteiger partial charge in [-0.15, -0.1) is 0 Å². The first-order chi connectivity index (χ1) is 8.28. The number of likely N-dealkylation sites (N-methyl/N-ethyl adjacent to an activating group) is 1. The van der Waals surface area contributed by atoms with Gasteiger partial charge < -0.3 is 9.84 Å². The maximum absolute atomic E-state index is 5.18. The second-order valence-electron chi connectivity index (χ2n) is 4.00. The van der Waals surface area contributed by atoms with Crippen LogP contribution >= 0.6 is 0 Å². The van der Waals surface area contributed by atoms with Gasteiger partial charge in [-0.2, -0.15) is 4.98 Å². The summed E-state index contributed by atoms with van der Waals surface area (Å²) in [5.74, 6) is 1.35. The summed E-state index contributed by atoms with van der Waals surface area (Å²) in [7, 11) is 1.91. The van der Waals surface area contributed by atoms with E-state index < -0.39 is 0 Å². The topological polar surface area (TPSA) is 63.8 Å². The lowest BCUT2D eigenvalue weighted by atomic mass is 10.2. The Morgan fingerprint density at radius 3 is 3.00 bits per heavy atom. The Kier molecular flexibility index (Phi) is 3.82. The maximum atomic E-state index is 5.18. The van der Waals surface area contributed by atoms with E-state index in [1.807, 2.05) is 25.2 Å². The average Bonchev–Trinajstić information content (AvgIpc) is 2.77. The molecule has 0 aliphatic carbocycles. The molecule has 0 amide bonds. The molecule has 1 atom stereocenters. The second kappa shape index (κ2) is 5.54. The number of pyridine rings is 1. The van der Waals surface area contributed by atoms with Gasteiger partial charge in [0, 0.05) is 24.4 Å². The molecule has 0 saturated heterocycles. The summed E-state index contributed by atoms with van der Waals surface area (Å²) in [5, 5.41) is 7.08. The fourth-order valence-corrected chi connectivity index (χ4v) is 1.47. The Hall–Kier alpha value is -1.75. The quantitative estimate of drug-likeness (QED) is 0.839. The molecule has 2 aromatic heterocycles. The zero-order valence-electron chi connectivity index (χ0n) is 10.1. The molecule has 0 bridgehead atoms. The molecule has 0 aromatic carbocycles. The van der Waals surface area contributed by atoms with E-state index in [1.54, 1.807) is 6.20 Å². The van der Waals surface area contributed by atoms with E-state index in [1.165, 1.54) is 0 Å². The number of nitrogens with zero attached hydrogens (tertiary/aromatic N) is 3. The highest BCUT2D eigenvalue weighted by Crippen LogP contribution is 2.05. The van der Waals surface area contributed by atoms with Crippen LogP contribution in [0.2, 0.25) is 0 Å².